The van der Waals surface area contributed by atoms with Gasteiger partial charge in [-0.25, -0.2) is 14.5 Å². The number of imidazole rings is 1. The summed E-state index contributed by atoms with van der Waals surface area (Å²) >= 11 is 0. The molecule has 0 aliphatic carbocycles. The van der Waals surface area contributed by atoms with Gasteiger partial charge in [0, 0.05) is 57.7 Å². The molecule has 2 aliphatic heterocycles. The number of pyridine rings is 1. The van der Waals surface area contributed by atoms with E-state index in [1.165, 1.54) is 24.9 Å². The maximum atomic E-state index is 4.74. The van der Waals surface area contributed by atoms with E-state index in [0.29, 0.717) is 0 Å². The van der Waals surface area contributed by atoms with Gasteiger partial charge in [-0.1, -0.05) is 0 Å². The van der Waals surface area contributed by atoms with Gasteiger partial charge in [-0.15, -0.1) is 5.10 Å². The highest BCUT2D eigenvalue weighted by atomic mass is 15.3. The van der Waals surface area contributed by atoms with Gasteiger partial charge >= 0.3 is 0 Å². The Hall–Kier alpha value is -2.87. The molecular weight excluding hydrogens is 352 g/mol. The molecule has 2 fully saturated rings. The zero-order chi connectivity index (χ0) is 18.8. The van der Waals surface area contributed by atoms with Crippen molar-refractivity contribution in [3.05, 3.63) is 36.8 Å². The molecule has 0 saturated carbocycles. The van der Waals surface area contributed by atoms with E-state index in [1.807, 2.05) is 23.0 Å². The van der Waals surface area contributed by atoms with Gasteiger partial charge in [-0.05, 0) is 31.4 Å². The zero-order valence-electron chi connectivity index (χ0n) is 16.0. The molecule has 3 aromatic heterocycles. The number of nitrogens with zero attached hydrogens (tertiary/aromatic N) is 6. The summed E-state index contributed by atoms with van der Waals surface area (Å²) in [5.41, 5.74) is 2.92. The highest BCUT2D eigenvalue weighted by Gasteiger charge is 2.16. The van der Waals surface area contributed by atoms with Gasteiger partial charge in [0.2, 0.25) is 0 Å². The molecule has 28 heavy (non-hydrogen) atoms. The van der Waals surface area contributed by atoms with Crippen LogP contribution >= 0.6 is 0 Å². The average Bonchev–Trinajstić information content (AvgIpc) is 3.25. The van der Waals surface area contributed by atoms with Crippen LogP contribution in [0, 0.1) is 0 Å². The predicted octanol–water partition coefficient (Wildman–Crippen LogP) is 2.27. The van der Waals surface area contributed by atoms with Crippen LogP contribution in [-0.4, -0.2) is 58.9 Å². The summed E-state index contributed by atoms with van der Waals surface area (Å²) in [6.45, 7) is 6.20. The molecule has 0 unspecified atom stereocenters. The van der Waals surface area contributed by atoms with E-state index in [1.54, 1.807) is 6.20 Å². The number of rotatable bonds is 4. The summed E-state index contributed by atoms with van der Waals surface area (Å²) in [5, 5.41) is 11.6. The van der Waals surface area contributed by atoms with E-state index >= 15 is 0 Å². The van der Waals surface area contributed by atoms with Gasteiger partial charge in [0.15, 0.2) is 11.5 Å². The third-order valence-corrected chi connectivity index (χ3v) is 5.52. The van der Waals surface area contributed by atoms with E-state index in [9.17, 15) is 0 Å². The molecule has 8 heteroatoms. The van der Waals surface area contributed by atoms with Crippen LogP contribution in [0.3, 0.4) is 0 Å². The highest BCUT2D eigenvalue weighted by Crippen LogP contribution is 2.26. The summed E-state index contributed by atoms with van der Waals surface area (Å²) in [6.07, 6.45) is 9.38. The first-order valence-electron chi connectivity index (χ1n) is 10.1. The van der Waals surface area contributed by atoms with E-state index in [2.05, 4.69) is 42.5 Å². The van der Waals surface area contributed by atoms with Crippen molar-refractivity contribution < 1.29 is 0 Å². The standard InChI is InChI=1S/C20H26N8/c1-2-9-27(10-3-1)19-14-17(20-22-8-13-28(20)25-19)24-18-5-4-16(15-23-18)26-11-6-21-7-12-26/h4-5,8,13-15,21H,1-3,6-7,9-12H2,(H,23,24). The van der Waals surface area contributed by atoms with Crippen molar-refractivity contribution in [3.63, 3.8) is 0 Å². The number of piperidine rings is 1. The monoisotopic (exact) mass is 378 g/mol. The molecule has 5 rings (SSSR count). The topological polar surface area (TPSA) is 73.6 Å². The molecule has 8 nitrogen and oxygen atoms in total. The summed E-state index contributed by atoms with van der Waals surface area (Å²) in [5.74, 6) is 1.81. The number of anilines is 4. The Morgan fingerprint density at radius 3 is 2.57 bits per heavy atom. The Morgan fingerprint density at radius 1 is 0.929 bits per heavy atom. The smallest absolute Gasteiger partial charge is 0.177 e. The van der Waals surface area contributed by atoms with Crippen molar-refractivity contribution in [3.8, 4) is 0 Å². The Kier molecular flexibility index (Phi) is 4.70. The summed E-state index contributed by atoms with van der Waals surface area (Å²) in [4.78, 5) is 13.8. The Balaban J connectivity index is 1.40. The first-order chi connectivity index (χ1) is 13.9. The maximum Gasteiger partial charge on any atom is 0.177 e. The summed E-state index contributed by atoms with van der Waals surface area (Å²) in [6, 6.07) is 6.27. The van der Waals surface area contributed by atoms with Crippen molar-refractivity contribution >= 4 is 28.7 Å². The van der Waals surface area contributed by atoms with Crippen molar-refractivity contribution in [1.29, 1.82) is 0 Å². The van der Waals surface area contributed by atoms with Crippen LogP contribution in [-0.2, 0) is 0 Å². The molecule has 3 aromatic rings. The second kappa shape index (κ2) is 7.63. The van der Waals surface area contributed by atoms with Crippen molar-refractivity contribution in [2.24, 2.45) is 0 Å². The predicted molar refractivity (Wildman–Crippen MR) is 112 cm³/mol. The fourth-order valence-electron chi connectivity index (χ4n) is 3.98. The molecule has 5 heterocycles. The van der Waals surface area contributed by atoms with Gasteiger partial charge in [0.25, 0.3) is 0 Å². The molecule has 0 amide bonds. The third-order valence-electron chi connectivity index (χ3n) is 5.52. The molecule has 2 aliphatic rings. The van der Waals surface area contributed by atoms with Crippen LogP contribution in [0.5, 0.6) is 0 Å². The molecule has 0 atom stereocenters. The molecule has 2 N–H and O–H groups in total. The molecule has 0 bridgehead atoms. The largest absolute Gasteiger partial charge is 0.368 e. The highest BCUT2D eigenvalue weighted by molar-refractivity contribution is 5.75. The third kappa shape index (κ3) is 3.47. The number of fused-ring (bicyclic) bond motifs is 1. The van der Waals surface area contributed by atoms with Crippen LogP contribution in [0.25, 0.3) is 5.65 Å². The number of nitrogens with one attached hydrogen (secondary N) is 2. The minimum Gasteiger partial charge on any atom is -0.368 e. The van der Waals surface area contributed by atoms with Crippen LogP contribution in [0.4, 0.5) is 23.0 Å². The second-order valence-electron chi connectivity index (χ2n) is 7.42. The van der Waals surface area contributed by atoms with E-state index in [0.717, 1.165) is 62.2 Å². The summed E-state index contributed by atoms with van der Waals surface area (Å²) in [7, 11) is 0. The minimum absolute atomic E-state index is 0.814. The lowest BCUT2D eigenvalue weighted by atomic mass is 10.1. The van der Waals surface area contributed by atoms with Gasteiger partial charge in [0.1, 0.15) is 5.82 Å². The van der Waals surface area contributed by atoms with Gasteiger partial charge in [-0.3, -0.25) is 0 Å². The number of piperazine rings is 1. The molecule has 146 valence electrons. The van der Waals surface area contributed by atoms with E-state index in [4.69, 9.17) is 5.10 Å². The lowest BCUT2D eigenvalue weighted by Gasteiger charge is -2.29. The van der Waals surface area contributed by atoms with Crippen molar-refractivity contribution in [1.82, 2.24) is 24.9 Å². The quantitative estimate of drug-likeness (QED) is 0.721. The Labute approximate surface area is 164 Å². The number of hydrogen-bond donors (Lipinski definition) is 2. The van der Waals surface area contributed by atoms with Crippen LogP contribution in [0.1, 0.15) is 19.3 Å². The molecule has 0 aromatic carbocycles. The SMILES string of the molecule is c1cn2nc(N3CCCCC3)cc(Nc3ccc(N4CCNCC4)cn3)c2n1. The molecule has 0 spiro atoms. The average molecular weight is 378 g/mol. The fraction of sp³-hybridized carbons (Fsp3) is 0.450. The first kappa shape index (κ1) is 17.2. The van der Waals surface area contributed by atoms with E-state index < -0.39 is 0 Å². The second-order valence-corrected chi connectivity index (χ2v) is 7.42. The lowest BCUT2D eigenvalue weighted by Crippen LogP contribution is -2.43. The Bertz CT molecular complexity index is 923. The minimum atomic E-state index is 0.814. The fourth-order valence-corrected chi connectivity index (χ4v) is 3.98. The van der Waals surface area contributed by atoms with Crippen LogP contribution in [0.2, 0.25) is 0 Å². The number of hydrogen-bond acceptors (Lipinski definition) is 7. The van der Waals surface area contributed by atoms with Gasteiger partial charge in [-0.2, -0.15) is 0 Å². The lowest BCUT2D eigenvalue weighted by molar-refractivity contribution is 0.570. The van der Waals surface area contributed by atoms with Gasteiger partial charge < -0.3 is 20.4 Å². The Morgan fingerprint density at radius 2 is 1.79 bits per heavy atom. The zero-order valence-corrected chi connectivity index (χ0v) is 16.0. The number of aromatic nitrogens is 4. The molecule has 2 saturated heterocycles. The van der Waals surface area contributed by atoms with Crippen LogP contribution < -0.4 is 20.4 Å². The summed E-state index contributed by atoms with van der Waals surface area (Å²) < 4.78 is 1.85. The van der Waals surface area contributed by atoms with Gasteiger partial charge in [0.05, 0.1) is 17.6 Å². The van der Waals surface area contributed by atoms with Crippen molar-refractivity contribution in [2.75, 3.05) is 54.4 Å². The molecule has 0 radical (unpaired) electrons. The first-order valence-corrected chi connectivity index (χ1v) is 10.1. The van der Waals surface area contributed by atoms with E-state index in [-0.39, 0.29) is 0 Å². The van der Waals surface area contributed by atoms with Crippen LogP contribution in [0.15, 0.2) is 36.8 Å². The maximum absolute atomic E-state index is 4.74. The normalized spacial score (nSPS) is 17.9. The molecular formula is C20H26N8. The van der Waals surface area contributed by atoms with Crippen molar-refractivity contribution in [2.45, 2.75) is 19.3 Å².